The van der Waals surface area contributed by atoms with Crippen molar-refractivity contribution in [3.05, 3.63) is 29.8 Å². The van der Waals surface area contributed by atoms with E-state index < -0.39 is 0 Å². The molecule has 0 aromatic heterocycles. The molecule has 1 aliphatic heterocycles. The zero-order chi connectivity index (χ0) is 15.1. The summed E-state index contributed by atoms with van der Waals surface area (Å²) in [5, 5.41) is 6.24. The topological polar surface area (TPSA) is 59.6 Å². The summed E-state index contributed by atoms with van der Waals surface area (Å²) in [6, 6.07) is 7.78. The van der Waals surface area contributed by atoms with Gasteiger partial charge in [0.1, 0.15) is 0 Å². The van der Waals surface area contributed by atoms with Crippen LogP contribution in [0.1, 0.15) is 12.5 Å². The van der Waals surface area contributed by atoms with Crippen molar-refractivity contribution in [3.63, 3.8) is 0 Å². The largest absolute Gasteiger partial charge is 0.382 e. The van der Waals surface area contributed by atoms with Gasteiger partial charge < -0.3 is 20.1 Å². The molecule has 1 saturated heterocycles. The zero-order valence-electron chi connectivity index (χ0n) is 12.7. The van der Waals surface area contributed by atoms with E-state index in [2.05, 4.69) is 17.6 Å². The predicted molar refractivity (Wildman–Crippen MR) is 82.1 cm³/mol. The number of carbonyl (C=O) groups excluding carboxylic acids is 1. The average molecular weight is 292 g/mol. The Kier molecular flexibility index (Phi) is 6.17. The summed E-state index contributed by atoms with van der Waals surface area (Å²) < 4.78 is 10.4. The highest BCUT2D eigenvalue weighted by atomic mass is 16.5. The molecule has 1 aromatic rings. The van der Waals surface area contributed by atoms with E-state index in [1.54, 1.807) is 7.11 Å². The molecule has 2 N–H and O–H groups in total. The second-order valence-corrected chi connectivity index (χ2v) is 5.48. The van der Waals surface area contributed by atoms with Gasteiger partial charge in [0.05, 0.1) is 25.7 Å². The maximum atomic E-state index is 12.2. The Bertz CT molecular complexity index is 465. The van der Waals surface area contributed by atoms with Crippen LogP contribution < -0.4 is 10.6 Å². The van der Waals surface area contributed by atoms with Crippen LogP contribution in [-0.4, -0.2) is 39.3 Å². The quantitative estimate of drug-likeness (QED) is 0.750. The molecule has 1 amide bonds. The number of hydrogen-bond donors (Lipinski definition) is 2. The van der Waals surface area contributed by atoms with Crippen molar-refractivity contribution in [2.45, 2.75) is 13.5 Å². The number of anilines is 1. The molecule has 0 radical (unpaired) electrons. The van der Waals surface area contributed by atoms with Crippen LogP contribution in [-0.2, 0) is 20.9 Å². The van der Waals surface area contributed by atoms with E-state index >= 15 is 0 Å². The van der Waals surface area contributed by atoms with E-state index in [-0.39, 0.29) is 11.8 Å². The van der Waals surface area contributed by atoms with Gasteiger partial charge in [0.25, 0.3) is 0 Å². The third-order valence-electron chi connectivity index (χ3n) is 3.75. The summed E-state index contributed by atoms with van der Waals surface area (Å²) in [6.07, 6.45) is 0. The van der Waals surface area contributed by atoms with Gasteiger partial charge in [-0.2, -0.15) is 0 Å². The lowest BCUT2D eigenvalue weighted by Gasteiger charge is -2.14. The minimum atomic E-state index is 0.0478. The molecule has 1 fully saturated rings. The molecule has 5 nitrogen and oxygen atoms in total. The maximum Gasteiger partial charge on any atom is 0.229 e. The van der Waals surface area contributed by atoms with Crippen LogP contribution in [0.4, 0.5) is 5.69 Å². The van der Waals surface area contributed by atoms with E-state index in [1.807, 2.05) is 24.3 Å². The molecule has 0 bridgehead atoms. The molecule has 21 heavy (non-hydrogen) atoms. The molecule has 116 valence electrons. The molecule has 0 spiro atoms. The molecule has 2 rings (SSSR count). The number of benzene rings is 1. The van der Waals surface area contributed by atoms with E-state index in [4.69, 9.17) is 9.47 Å². The molecule has 1 aliphatic rings. The van der Waals surface area contributed by atoms with E-state index in [0.717, 1.165) is 24.3 Å². The molecule has 0 aliphatic carbocycles. The van der Waals surface area contributed by atoms with Gasteiger partial charge in [-0.15, -0.1) is 0 Å². The van der Waals surface area contributed by atoms with Crippen LogP contribution in [0, 0.1) is 11.8 Å². The van der Waals surface area contributed by atoms with Gasteiger partial charge in [-0.25, -0.2) is 0 Å². The lowest BCUT2D eigenvalue weighted by Crippen LogP contribution is -2.27. The Balaban J connectivity index is 1.86. The molecular weight excluding hydrogens is 268 g/mol. The zero-order valence-corrected chi connectivity index (χ0v) is 12.7. The first-order chi connectivity index (χ1) is 10.2. The second kappa shape index (κ2) is 8.12. The van der Waals surface area contributed by atoms with Gasteiger partial charge in [-0.3, -0.25) is 4.79 Å². The molecule has 1 aromatic carbocycles. The highest BCUT2D eigenvalue weighted by Gasteiger charge is 2.29. The number of carbonyl (C=O) groups is 1. The third kappa shape index (κ3) is 4.81. The van der Waals surface area contributed by atoms with Crippen LogP contribution in [0.3, 0.4) is 0 Å². The van der Waals surface area contributed by atoms with Crippen molar-refractivity contribution in [3.8, 4) is 0 Å². The van der Waals surface area contributed by atoms with Crippen molar-refractivity contribution >= 4 is 11.6 Å². The lowest BCUT2D eigenvalue weighted by atomic mass is 9.97. The predicted octanol–water partition coefficient (Wildman–Crippen LogP) is 1.64. The average Bonchev–Trinajstić information content (AvgIpc) is 2.90. The first-order valence-corrected chi connectivity index (χ1v) is 7.38. The van der Waals surface area contributed by atoms with Crippen LogP contribution in [0.15, 0.2) is 24.3 Å². The van der Waals surface area contributed by atoms with Crippen molar-refractivity contribution in [2.24, 2.45) is 11.8 Å². The fourth-order valence-corrected chi connectivity index (χ4v) is 2.47. The Morgan fingerprint density at radius 2 is 2.24 bits per heavy atom. The highest BCUT2D eigenvalue weighted by Crippen LogP contribution is 2.19. The Labute approximate surface area is 126 Å². The van der Waals surface area contributed by atoms with E-state index in [9.17, 15) is 4.79 Å². The maximum absolute atomic E-state index is 12.2. The number of methoxy groups -OCH3 is 1. The van der Waals surface area contributed by atoms with Crippen molar-refractivity contribution < 1.29 is 14.3 Å². The molecular formula is C16H24N2O3. The van der Waals surface area contributed by atoms with E-state index in [0.29, 0.717) is 25.7 Å². The normalized spacial score (nSPS) is 21.4. The number of ether oxygens (including phenoxy) is 2. The lowest BCUT2D eigenvalue weighted by molar-refractivity contribution is -0.120. The summed E-state index contributed by atoms with van der Waals surface area (Å²) in [7, 11) is 1.65. The smallest absolute Gasteiger partial charge is 0.229 e. The van der Waals surface area contributed by atoms with Crippen LogP contribution in [0.25, 0.3) is 0 Å². The minimum Gasteiger partial charge on any atom is -0.382 e. The van der Waals surface area contributed by atoms with Gasteiger partial charge in [0, 0.05) is 19.3 Å². The number of rotatable bonds is 7. The number of amides is 1. The third-order valence-corrected chi connectivity index (χ3v) is 3.75. The van der Waals surface area contributed by atoms with Crippen molar-refractivity contribution in [1.29, 1.82) is 0 Å². The Morgan fingerprint density at radius 3 is 2.95 bits per heavy atom. The van der Waals surface area contributed by atoms with Gasteiger partial charge in [0.15, 0.2) is 0 Å². The molecule has 0 unspecified atom stereocenters. The fourth-order valence-electron chi connectivity index (χ4n) is 2.47. The van der Waals surface area contributed by atoms with Crippen molar-refractivity contribution in [2.75, 3.05) is 38.7 Å². The number of nitrogens with one attached hydrogen (secondary N) is 2. The molecule has 0 saturated carbocycles. The highest BCUT2D eigenvalue weighted by molar-refractivity contribution is 5.93. The molecule has 5 heteroatoms. The fraction of sp³-hybridized carbons (Fsp3) is 0.562. The first kappa shape index (κ1) is 15.9. The van der Waals surface area contributed by atoms with Gasteiger partial charge in [-0.05, 0) is 30.2 Å². The van der Waals surface area contributed by atoms with Crippen LogP contribution >= 0.6 is 0 Å². The van der Waals surface area contributed by atoms with Crippen molar-refractivity contribution in [1.82, 2.24) is 5.32 Å². The van der Waals surface area contributed by atoms with Gasteiger partial charge >= 0.3 is 0 Å². The summed E-state index contributed by atoms with van der Waals surface area (Å²) in [6.45, 7) is 5.44. The summed E-state index contributed by atoms with van der Waals surface area (Å²) in [5.74, 6) is 0.516. The number of hydrogen-bond acceptors (Lipinski definition) is 4. The monoisotopic (exact) mass is 292 g/mol. The van der Waals surface area contributed by atoms with Gasteiger partial charge in [-0.1, -0.05) is 19.1 Å². The standard InChI is InChI=1S/C16H24N2O3/c1-12-9-17-10-15(12)16(19)18-14-5-3-4-13(8-14)11-21-7-6-20-2/h3-5,8,12,15,17H,6-7,9-11H2,1-2H3,(H,18,19)/t12-,15-/m1/s1. The molecule has 2 atom stereocenters. The summed E-state index contributed by atoms with van der Waals surface area (Å²) in [5.41, 5.74) is 1.87. The summed E-state index contributed by atoms with van der Waals surface area (Å²) in [4.78, 5) is 12.2. The van der Waals surface area contributed by atoms with Crippen LogP contribution in [0.2, 0.25) is 0 Å². The van der Waals surface area contributed by atoms with Gasteiger partial charge in [0.2, 0.25) is 5.91 Å². The summed E-state index contributed by atoms with van der Waals surface area (Å²) >= 11 is 0. The van der Waals surface area contributed by atoms with Crippen LogP contribution in [0.5, 0.6) is 0 Å². The minimum absolute atomic E-state index is 0.0478. The Morgan fingerprint density at radius 1 is 1.38 bits per heavy atom. The second-order valence-electron chi connectivity index (χ2n) is 5.48. The SMILES string of the molecule is COCCOCc1cccc(NC(=O)[C@@H]2CNC[C@H]2C)c1. The van der Waals surface area contributed by atoms with E-state index in [1.165, 1.54) is 0 Å². The molecule has 1 heterocycles. The first-order valence-electron chi connectivity index (χ1n) is 7.38. The Hall–Kier alpha value is -1.43.